The maximum atomic E-state index is 11.0. The molecule has 0 spiro atoms. The number of benzene rings is 1. The van der Waals surface area contributed by atoms with Gasteiger partial charge in [-0.05, 0) is 30.0 Å². The molecule has 2 amide bonds. The first-order chi connectivity index (χ1) is 7.11. The van der Waals surface area contributed by atoms with Gasteiger partial charge in [-0.2, -0.15) is 0 Å². The fourth-order valence-corrected chi connectivity index (χ4v) is 1.39. The summed E-state index contributed by atoms with van der Waals surface area (Å²) in [7, 11) is 1.60. The average Bonchev–Trinajstić information content (AvgIpc) is 2.20. The fraction of sp³-hybridized carbons (Fsp3) is 0.417. The summed E-state index contributed by atoms with van der Waals surface area (Å²) >= 11 is 0. The number of rotatable bonds is 3. The summed E-state index contributed by atoms with van der Waals surface area (Å²) in [6, 6.07) is 7.75. The van der Waals surface area contributed by atoms with Crippen LogP contribution in [0.4, 0.5) is 10.5 Å². The molecule has 0 saturated carbocycles. The normalized spacial score (nSPS) is 10.1. The number of urea groups is 1. The van der Waals surface area contributed by atoms with Crippen LogP contribution in [0.25, 0.3) is 0 Å². The van der Waals surface area contributed by atoms with E-state index in [0.29, 0.717) is 5.92 Å². The Balaban J connectivity index is 0. The van der Waals surface area contributed by atoms with Crippen LogP contribution in [0.1, 0.15) is 22.3 Å². The van der Waals surface area contributed by atoms with Crippen molar-refractivity contribution in [3.05, 3.63) is 29.8 Å². The van der Waals surface area contributed by atoms with Crippen molar-refractivity contribution in [1.82, 2.24) is 5.32 Å². The van der Waals surface area contributed by atoms with Crippen molar-refractivity contribution in [1.29, 1.82) is 0 Å². The third kappa shape index (κ3) is 4.02. The van der Waals surface area contributed by atoms with Crippen molar-refractivity contribution in [2.24, 2.45) is 5.92 Å². The zero-order valence-corrected chi connectivity index (χ0v) is 9.50. The summed E-state index contributed by atoms with van der Waals surface area (Å²) in [5.74, 6) is 0.655. The van der Waals surface area contributed by atoms with E-state index in [9.17, 15) is 4.79 Å². The fourth-order valence-electron chi connectivity index (χ4n) is 1.39. The molecular weight excluding hydrogens is 188 g/mol. The zero-order chi connectivity index (χ0) is 11.3. The standard InChI is InChI=1S/C12H18N2O.2H2/c1-9(2)8-10-4-6-11(7-5-10)14-12(15)13-3;;/h4-7,9H,8H2,1-3H3,(H2,13,14,15);2*1H. The van der Waals surface area contributed by atoms with E-state index in [2.05, 4.69) is 24.5 Å². The van der Waals surface area contributed by atoms with Crippen molar-refractivity contribution in [3.8, 4) is 0 Å². The Morgan fingerprint density at radius 1 is 1.33 bits per heavy atom. The first-order valence-corrected chi connectivity index (χ1v) is 5.19. The number of carbonyl (C=O) groups is 1. The molecule has 1 rings (SSSR count). The molecule has 15 heavy (non-hydrogen) atoms. The van der Waals surface area contributed by atoms with Gasteiger partial charge < -0.3 is 10.6 Å². The molecule has 1 aromatic carbocycles. The van der Waals surface area contributed by atoms with Gasteiger partial charge in [0, 0.05) is 15.6 Å². The molecule has 0 atom stereocenters. The van der Waals surface area contributed by atoms with Gasteiger partial charge in [-0.3, -0.25) is 0 Å². The van der Waals surface area contributed by atoms with Gasteiger partial charge in [0.2, 0.25) is 0 Å². The summed E-state index contributed by atoms with van der Waals surface area (Å²) in [6.45, 7) is 4.38. The van der Waals surface area contributed by atoms with Gasteiger partial charge in [0.15, 0.2) is 0 Å². The number of amides is 2. The molecule has 0 bridgehead atoms. The van der Waals surface area contributed by atoms with Crippen LogP contribution < -0.4 is 10.6 Å². The van der Waals surface area contributed by atoms with Crippen molar-refractivity contribution >= 4 is 11.7 Å². The average molecular weight is 210 g/mol. The Morgan fingerprint density at radius 2 is 1.93 bits per heavy atom. The highest BCUT2D eigenvalue weighted by molar-refractivity contribution is 5.88. The summed E-state index contributed by atoms with van der Waals surface area (Å²) in [4.78, 5) is 11.0. The number of anilines is 1. The maximum Gasteiger partial charge on any atom is 0.318 e. The molecule has 0 aliphatic carbocycles. The summed E-state index contributed by atoms with van der Waals surface area (Å²) in [6.07, 6.45) is 1.07. The van der Waals surface area contributed by atoms with E-state index >= 15 is 0 Å². The van der Waals surface area contributed by atoms with Crippen LogP contribution in [0.15, 0.2) is 24.3 Å². The Morgan fingerprint density at radius 3 is 2.40 bits per heavy atom. The Kier molecular flexibility index (Phi) is 4.16. The van der Waals surface area contributed by atoms with E-state index < -0.39 is 0 Å². The molecule has 0 unspecified atom stereocenters. The second kappa shape index (κ2) is 5.39. The molecule has 0 aromatic heterocycles. The predicted octanol–water partition coefficient (Wildman–Crippen LogP) is 3.13. The quantitative estimate of drug-likeness (QED) is 0.790. The van der Waals surface area contributed by atoms with Crippen LogP contribution in [-0.2, 0) is 6.42 Å². The molecule has 0 heterocycles. The number of hydrogen-bond donors (Lipinski definition) is 2. The van der Waals surface area contributed by atoms with Gasteiger partial charge in [-0.1, -0.05) is 26.0 Å². The molecule has 2 N–H and O–H groups in total. The van der Waals surface area contributed by atoms with Crippen molar-refractivity contribution in [2.45, 2.75) is 20.3 Å². The number of hydrogen-bond acceptors (Lipinski definition) is 1. The monoisotopic (exact) mass is 210 g/mol. The zero-order valence-electron chi connectivity index (χ0n) is 9.50. The number of nitrogens with one attached hydrogen (secondary N) is 2. The van der Waals surface area contributed by atoms with Crippen LogP contribution in [0, 0.1) is 5.92 Å². The Bertz CT molecular complexity index is 326. The van der Waals surface area contributed by atoms with Crippen LogP contribution in [0.5, 0.6) is 0 Å². The van der Waals surface area contributed by atoms with E-state index in [1.54, 1.807) is 7.05 Å². The SMILES string of the molecule is CNC(=O)Nc1ccc(CC(C)C)cc1.[HH].[HH]. The van der Waals surface area contributed by atoms with E-state index in [4.69, 9.17) is 0 Å². The minimum atomic E-state index is -0.188. The van der Waals surface area contributed by atoms with E-state index in [1.807, 2.05) is 24.3 Å². The Labute approximate surface area is 93.9 Å². The van der Waals surface area contributed by atoms with E-state index in [0.717, 1.165) is 12.1 Å². The highest BCUT2D eigenvalue weighted by atomic mass is 16.2. The second-order valence-corrected chi connectivity index (χ2v) is 4.00. The van der Waals surface area contributed by atoms with E-state index in [1.165, 1.54) is 5.56 Å². The summed E-state index contributed by atoms with van der Waals surface area (Å²) in [5.41, 5.74) is 2.12. The molecule has 0 saturated heterocycles. The molecule has 0 aliphatic heterocycles. The predicted molar refractivity (Wildman–Crippen MR) is 67.3 cm³/mol. The van der Waals surface area contributed by atoms with Gasteiger partial charge in [0.1, 0.15) is 0 Å². The maximum absolute atomic E-state index is 11.0. The third-order valence-corrected chi connectivity index (χ3v) is 2.08. The minimum Gasteiger partial charge on any atom is -0.341 e. The van der Waals surface area contributed by atoms with Gasteiger partial charge in [-0.25, -0.2) is 4.79 Å². The highest BCUT2D eigenvalue weighted by Crippen LogP contribution is 2.12. The molecule has 86 valence electrons. The minimum absolute atomic E-state index is 0. The number of carbonyl (C=O) groups excluding carboxylic acids is 1. The van der Waals surface area contributed by atoms with Gasteiger partial charge in [0.25, 0.3) is 0 Å². The van der Waals surface area contributed by atoms with Gasteiger partial charge in [0.05, 0.1) is 0 Å². The third-order valence-electron chi connectivity index (χ3n) is 2.08. The first kappa shape index (κ1) is 11.6. The van der Waals surface area contributed by atoms with Crippen LogP contribution in [0.2, 0.25) is 0 Å². The molecule has 0 aliphatic rings. The van der Waals surface area contributed by atoms with Crippen molar-refractivity contribution in [3.63, 3.8) is 0 Å². The second-order valence-electron chi connectivity index (χ2n) is 4.00. The lowest BCUT2D eigenvalue weighted by Gasteiger charge is -2.07. The Hall–Kier alpha value is -1.51. The lowest BCUT2D eigenvalue weighted by Crippen LogP contribution is -2.24. The topological polar surface area (TPSA) is 41.1 Å². The van der Waals surface area contributed by atoms with Gasteiger partial charge in [-0.15, -0.1) is 0 Å². The smallest absolute Gasteiger partial charge is 0.318 e. The lowest BCUT2D eigenvalue weighted by molar-refractivity contribution is 0.254. The van der Waals surface area contributed by atoms with Crippen molar-refractivity contribution < 1.29 is 7.65 Å². The summed E-state index contributed by atoms with van der Waals surface area (Å²) in [5, 5.41) is 5.23. The highest BCUT2D eigenvalue weighted by Gasteiger charge is 2.00. The lowest BCUT2D eigenvalue weighted by atomic mass is 10.0. The molecule has 0 fully saturated rings. The van der Waals surface area contributed by atoms with E-state index in [-0.39, 0.29) is 8.88 Å². The van der Waals surface area contributed by atoms with Crippen LogP contribution in [-0.4, -0.2) is 13.1 Å². The molecule has 3 heteroatoms. The molecular formula is C12H22N2O. The first-order valence-electron chi connectivity index (χ1n) is 5.19. The summed E-state index contributed by atoms with van der Waals surface area (Å²) < 4.78 is 0. The van der Waals surface area contributed by atoms with Crippen molar-refractivity contribution in [2.75, 3.05) is 12.4 Å². The molecule has 3 nitrogen and oxygen atoms in total. The van der Waals surface area contributed by atoms with Crippen LogP contribution in [0.3, 0.4) is 0 Å². The van der Waals surface area contributed by atoms with Gasteiger partial charge >= 0.3 is 6.03 Å². The molecule has 0 radical (unpaired) electrons. The molecule has 1 aromatic rings. The van der Waals surface area contributed by atoms with Crippen LogP contribution >= 0.6 is 0 Å². The largest absolute Gasteiger partial charge is 0.341 e.